The van der Waals surface area contributed by atoms with Crippen LogP contribution in [-0.4, -0.2) is 37.9 Å². The topological polar surface area (TPSA) is 133 Å². The first-order chi connectivity index (χ1) is 11.7. The molecule has 134 valence electrons. The van der Waals surface area contributed by atoms with Crippen LogP contribution in [0, 0.1) is 20.8 Å². The van der Waals surface area contributed by atoms with Crippen LogP contribution in [0.15, 0.2) is 29.0 Å². The smallest absolute Gasteiger partial charge is 0.328 e. The van der Waals surface area contributed by atoms with Crippen LogP contribution in [-0.2, 0) is 16.0 Å². The summed E-state index contributed by atoms with van der Waals surface area (Å²) >= 11 is 0. The summed E-state index contributed by atoms with van der Waals surface area (Å²) in [4.78, 5) is 38.3. The van der Waals surface area contributed by atoms with E-state index in [1.807, 2.05) is 20.8 Å². The van der Waals surface area contributed by atoms with Crippen LogP contribution < -0.4 is 0 Å². The van der Waals surface area contributed by atoms with E-state index in [0.717, 1.165) is 17.1 Å². The van der Waals surface area contributed by atoms with Crippen LogP contribution in [0.3, 0.4) is 0 Å². The molecule has 0 saturated carbocycles. The number of aromatic nitrogens is 2. The van der Waals surface area contributed by atoms with Crippen LogP contribution >= 0.6 is 0 Å². The number of aryl methyl sites for hydroxylation is 4. The van der Waals surface area contributed by atoms with Gasteiger partial charge in [-0.15, -0.1) is 0 Å². The van der Waals surface area contributed by atoms with Crippen molar-refractivity contribution in [2.24, 2.45) is 0 Å². The van der Waals surface area contributed by atoms with Crippen LogP contribution in [0.4, 0.5) is 0 Å². The van der Waals surface area contributed by atoms with E-state index in [4.69, 9.17) is 14.6 Å². The minimum atomic E-state index is -1.26. The number of nitrogens with one attached hydrogen (secondary N) is 1. The molecule has 0 unspecified atom stereocenters. The van der Waals surface area contributed by atoms with Crippen LogP contribution in [0.5, 0.6) is 0 Å². The van der Waals surface area contributed by atoms with E-state index in [0.29, 0.717) is 36.3 Å². The van der Waals surface area contributed by atoms with Crippen molar-refractivity contribution in [2.45, 2.75) is 33.6 Å². The number of carboxylic acids is 2. The van der Waals surface area contributed by atoms with Gasteiger partial charge in [-0.1, -0.05) is 0 Å². The lowest BCUT2D eigenvalue weighted by atomic mass is 10.1. The number of carbonyl (C=O) groups excluding carboxylic acids is 1. The number of imidazole rings is 1. The van der Waals surface area contributed by atoms with Crippen molar-refractivity contribution in [3.05, 3.63) is 53.0 Å². The Morgan fingerprint density at radius 2 is 1.76 bits per heavy atom. The highest BCUT2D eigenvalue weighted by molar-refractivity contribution is 5.97. The quantitative estimate of drug-likeness (QED) is 0.539. The maximum Gasteiger partial charge on any atom is 0.328 e. The number of carboxylic acid groups (broad SMARTS) is 2. The summed E-state index contributed by atoms with van der Waals surface area (Å²) in [5, 5.41) is 15.6. The molecule has 0 aromatic carbocycles. The molecule has 2 heterocycles. The molecule has 8 nitrogen and oxygen atoms in total. The van der Waals surface area contributed by atoms with Crippen molar-refractivity contribution in [1.29, 1.82) is 0 Å². The lowest BCUT2D eigenvalue weighted by Gasteiger charge is -1.98. The standard InChI is InChI=1S/C13H16N2O2.C4H4O4/c1-8-6-11(10(3)17-8)13(16)5-4-12-9(2)14-7-15-12;5-3(6)1-2-4(7)8/h6-7H,4-5H2,1-3H3,(H,14,15);1-2H,(H,5,6)(H,7,8)/b;2-1-. The average molecular weight is 348 g/mol. The molecule has 0 spiro atoms. The number of Topliss-reactive ketones (excluding diaryl/α,β-unsaturated/α-hetero) is 1. The van der Waals surface area contributed by atoms with Gasteiger partial charge in [-0.25, -0.2) is 14.6 Å². The van der Waals surface area contributed by atoms with E-state index in [-0.39, 0.29) is 5.78 Å². The number of nitrogens with zero attached hydrogens (tertiary/aromatic N) is 1. The summed E-state index contributed by atoms with van der Waals surface area (Å²) in [6.45, 7) is 5.63. The first kappa shape index (κ1) is 19.9. The fourth-order valence-electron chi connectivity index (χ4n) is 2.06. The molecule has 2 aromatic rings. The monoisotopic (exact) mass is 348 g/mol. The summed E-state index contributed by atoms with van der Waals surface area (Å²) < 4.78 is 5.35. The Morgan fingerprint density at radius 3 is 2.16 bits per heavy atom. The third-order valence-corrected chi connectivity index (χ3v) is 3.23. The normalized spacial score (nSPS) is 10.4. The van der Waals surface area contributed by atoms with Crippen LogP contribution in [0.2, 0.25) is 0 Å². The molecule has 0 amide bonds. The first-order valence-corrected chi connectivity index (χ1v) is 7.43. The number of hydrogen-bond donors (Lipinski definition) is 3. The lowest BCUT2D eigenvalue weighted by molar-refractivity contribution is -0.134. The average Bonchev–Trinajstić information content (AvgIpc) is 3.08. The largest absolute Gasteiger partial charge is 0.478 e. The molecule has 0 bridgehead atoms. The van der Waals surface area contributed by atoms with Gasteiger partial charge in [0.2, 0.25) is 0 Å². The molecule has 0 radical (unpaired) electrons. The maximum absolute atomic E-state index is 12.0. The van der Waals surface area contributed by atoms with Gasteiger partial charge in [0, 0.05) is 24.3 Å². The molecule has 0 aliphatic heterocycles. The molecule has 2 rings (SSSR count). The van der Waals surface area contributed by atoms with Crippen molar-refractivity contribution in [2.75, 3.05) is 0 Å². The molecule has 3 N–H and O–H groups in total. The minimum Gasteiger partial charge on any atom is -0.478 e. The van der Waals surface area contributed by atoms with Gasteiger partial charge in [0.1, 0.15) is 11.5 Å². The third kappa shape index (κ3) is 6.86. The van der Waals surface area contributed by atoms with E-state index >= 15 is 0 Å². The number of aliphatic carboxylic acids is 2. The van der Waals surface area contributed by atoms with E-state index in [1.165, 1.54) is 0 Å². The Labute approximate surface area is 144 Å². The zero-order valence-electron chi connectivity index (χ0n) is 14.2. The predicted molar refractivity (Wildman–Crippen MR) is 88.6 cm³/mol. The Bertz CT molecular complexity index is 769. The molecule has 2 aromatic heterocycles. The predicted octanol–water partition coefficient (Wildman–Crippen LogP) is 2.46. The number of furan rings is 1. The third-order valence-electron chi connectivity index (χ3n) is 3.23. The Kier molecular flexibility index (Phi) is 7.33. The van der Waals surface area contributed by atoms with Gasteiger partial charge in [-0.3, -0.25) is 4.79 Å². The fraction of sp³-hybridized carbons (Fsp3) is 0.294. The van der Waals surface area contributed by atoms with Crippen LogP contribution in [0.1, 0.15) is 39.7 Å². The summed E-state index contributed by atoms with van der Waals surface area (Å²) in [6, 6.07) is 1.80. The lowest BCUT2D eigenvalue weighted by Crippen LogP contribution is -2.02. The van der Waals surface area contributed by atoms with Gasteiger partial charge in [0.15, 0.2) is 5.78 Å². The van der Waals surface area contributed by atoms with Gasteiger partial charge >= 0.3 is 11.9 Å². The molecule has 8 heteroatoms. The molecule has 0 fully saturated rings. The van der Waals surface area contributed by atoms with Gasteiger partial charge < -0.3 is 19.6 Å². The van der Waals surface area contributed by atoms with Gasteiger partial charge in [0.25, 0.3) is 0 Å². The molecular formula is C17H20N2O6. The molecular weight excluding hydrogens is 328 g/mol. The van der Waals surface area contributed by atoms with E-state index in [2.05, 4.69) is 9.97 Å². The Balaban J connectivity index is 0.000000333. The fourth-order valence-corrected chi connectivity index (χ4v) is 2.06. The van der Waals surface area contributed by atoms with Crippen molar-refractivity contribution < 1.29 is 29.0 Å². The second-order valence-electron chi connectivity index (χ2n) is 5.23. The van der Waals surface area contributed by atoms with Gasteiger partial charge in [-0.05, 0) is 33.3 Å². The maximum atomic E-state index is 12.0. The van der Waals surface area contributed by atoms with Crippen molar-refractivity contribution in [1.82, 2.24) is 9.97 Å². The number of hydrogen-bond acceptors (Lipinski definition) is 5. The van der Waals surface area contributed by atoms with Crippen molar-refractivity contribution in [3.8, 4) is 0 Å². The van der Waals surface area contributed by atoms with Crippen molar-refractivity contribution >= 4 is 17.7 Å². The summed E-state index contributed by atoms with van der Waals surface area (Å²) in [7, 11) is 0. The highest BCUT2D eigenvalue weighted by Crippen LogP contribution is 2.16. The van der Waals surface area contributed by atoms with Gasteiger partial charge in [-0.2, -0.15) is 0 Å². The van der Waals surface area contributed by atoms with E-state index in [1.54, 1.807) is 12.4 Å². The molecule has 0 aliphatic rings. The Morgan fingerprint density at radius 1 is 1.16 bits per heavy atom. The molecule has 0 atom stereocenters. The zero-order chi connectivity index (χ0) is 19.0. The highest BCUT2D eigenvalue weighted by atomic mass is 16.4. The number of carbonyl (C=O) groups is 3. The van der Waals surface area contributed by atoms with Crippen molar-refractivity contribution in [3.63, 3.8) is 0 Å². The second-order valence-corrected chi connectivity index (χ2v) is 5.23. The minimum absolute atomic E-state index is 0.113. The zero-order valence-corrected chi connectivity index (χ0v) is 14.2. The SMILES string of the molecule is Cc1cc(C(=O)CCc2nc[nH]c2C)c(C)o1.O=C(O)/C=C\C(=O)O. The number of aromatic amines is 1. The number of H-pyrrole nitrogens is 1. The molecule has 25 heavy (non-hydrogen) atoms. The Hall–Kier alpha value is -3.16. The van der Waals surface area contributed by atoms with E-state index in [9.17, 15) is 14.4 Å². The summed E-state index contributed by atoms with van der Waals surface area (Å²) in [5.41, 5.74) is 2.67. The number of ketones is 1. The number of rotatable bonds is 6. The first-order valence-electron chi connectivity index (χ1n) is 7.43. The van der Waals surface area contributed by atoms with Crippen LogP contribution in [0.25, 0.3) is 0 Å². The summed E-state index contributed by atoms with van der Waals surface area (Å²) in [6.07, 6.45) is 3.90. The summed E-state index contributed by atoms with van der Waals surface area (Å²) in [5.74, 6) is -0.922. The highest BCUT2D eigenvalue weighted by Gasteiger charge is 2.14. The van der Waals surface area contributed by atoms with E-state index < -0.39 is 11.9 Å². The van der Waals surface area contributed by atoms with Gasteiger partial charge in [0.05, 0.1) is 17.6 Å². The molecule has 0 aliphatic carbocycles. The molecule has 0 saturated heterocycles. The second kappa shape index (κ2) is 9.21.